The van der Waals surface area contributed by atoms with Gasteiger partial charge in [-0.25, -0.2) is 19.6 Å². The van der Waals surface area contributed by atoms with Gasteiger partial charge >= 0.3 is 12.0 Å². The van der Waals surface area contributed by atoms with Crippen molar-refractivity contribution in [2.24, 2.45) is 0 Å². The molecule has 28 heavy (non-hydrogen) atoms. The molecule has 0 bridgehead atoms. The number of piperazine rings is 1. The molecule has 2 rings (SSSR count). The maximum absolute atomic E-state index is 13.2. The van der Waals surface area contributed by atoms with Crippen LogP contribution in [0.2, 0.25) is 0 Å². The average Bonchev–Trinajstić information content (AvgIpc) is 2.66. The summed E-state index contributed by atoms with van der Waals surface area (Å²) in [7, 11) is 1.27. The average molecular weight is 391 g/mol. The quantitative estimate of drug-likeness (QED) is 0.781. The Morgan fingerprint density at radius 1 is 1.25 bits per heavy atom. The maximum Gasteiger partial charge on any atom is 0.342 e. The third-order valence-electron chi connectivity index (χ3n) is 4.69. The standard InChI is InChI=1S/C19H29N5O4/c1-7-20-19(27)24-9-8-23(10-12(24)4)17(25)16-14(18(26)28-6)15(11(2)3)21-13(5)22-16/h11-12H,7-10H2,1-6H3,(H,20,27). The summed E-state index contributed by atoms with van der Waals surface area (Å²) in [5.41, 5.74) is 0.672. The van der Waals surface area contributed by atoms with Crippen molar-refractivity contribution in [1.82, 2.24) is 25.1 Å². The monoisotopic (exact) mass is 391 g/mol. The van der Waals surface area contributed by atoms with Crippen LogP contribution < -0.4 is 5.32 Å². The van der Waals surface area contributed by atoms with E-state index in [2.05, 4.69) is 15.3 Å². The molecule has 9 heteroatoms. The van der Waals surface area contributed by atoms with Crippen molar-refractivity contribution in [3.05, 3.63) is 22.8 Å². The van der Waals surface area contributed by atoms with E-state index in [4.69, 9.17) is 4.74 Å². The highest BCUT2D eigenvalue weighted by Crippen LogP contribution is 2.23. The summed E-state index contributed by atoms with van der Waals surface area (Å²) in [6.07, 6.45) is 0. The van der Waals surface area contributed by atoms with Crippen molar-refractivity contribution in [2.75, 3.05) is 33.3 Å². The van der Waals surface area contributed by atoms with Crippen molar-refractivity contribution >= 4 is 17.9 Å². The highest BCUT2D eigenvalue weighted by Gasteiger charge is 2.34. The van der Waals surface area contributed by atoms with E-state index in [1.54, 1.807) is 16.7 Å². The minimum atomic E-state index is -0.624. The van der Waals surface area contributed by atoms with Crippen LogP contribution in [0.1, 0.15) is 66.0 Å². The molecule has 2 heterocycles. The molecular weight excluding hydrogens is 362 g/mol. The van der Waals surface area contributed by atoms with Crippen LogP contribution in [0.15, 0.2) is 0 Å². The number of nitrogens with zero attached hydrogens (tertiary/aromatic N) is 4. The Hall–Kier alpha value is -2.71. The molecule has 3 amide bonds. The van der Waals surface area contributed by atoms with Gasteiger partial charge in [0.05, 0.1) is 12.8 Å². The van der Waals surface area contributed by atoms with E-state index in [9.17, 15) is 14.4 Å². The molecule has 1 aromatic rings. The number of methoxy groups -OCH3 is 1. The summed E-state index contributed by atoms with van der Waals surface area (Å²) in [5.74, 6) is -0.624. The van der Waals surface area contributed by atoms with Gasteiger partial charge in [-0.3, -0.25) is 4.79 Å². The van der Waals surface area contributed by atoms with Crippen LogP contribution in [-0.2, 0) is 4.74 Å². The van der Waals surface area contributed by atoms with E-state index in [1.807, 2.05) is 27.7 Å². The van der Waals surface area contributed by atoms with Crippen LogP contribution in [0.4, 0.5) is 4.79 Å². The number of hydrogen-bond acceptors (Lipinski definition) is 6. The van der Waals surface area contributed by atoms with Crippen LogP contribution >= 0.6 is 0 Å². The van der Waals surface area contributed by atoms with Crippen LogP contribution in [0, 0.1) is 6.92 Å². The second-order valence-corrected chi connectivity index (χ2v) is 7.16. The molecule has 0 spiro atoms. The molecule has 9 nitrogen and oxygen atoms in total. The largest absolute Gasteiger partial charge is 0.465 e. The van der Waals surface area contributed by atoms with Gasteiger partial charge in [-0.2, -0.15) is 0 Å². The maximum atomic E-state index is 13.2. The molecule has 1 unspecified atom stereocenters. The summed E-state index contributed by atoms with van der Waals surface area (Å²) < 4.78 is 4.89. The summed E-state index contributed by atoms with van der Waals surface area (Å²) in [6, 6.07) is -0.296. The van der Waals surface area contributed by atoms with E-state index in [-0.39, 0.29) is 35.2 Å². The summed E-state index contributed by atoms with van der Waals surface area (Å²) in [5, 5.41) is 2.78. The predicted molar refractivity (Wildman–Crippen MR) is 103 cm³/mol. The van der Waals surface area contributed by atoms with Crippen molar-refractivity contribution in [1.29, 1.82) is 0 Å². The number of carbonyl (C=O) groups excluding carboxylic acids is 3. The Balaban J connectivity index is 2.34. The highest BCUT2D eigenvalue weighted by atomic mass is 16.5. The second kappa shape index (κ2) is 8.99. The Kier molecular flexibility index (Phi) is 6.93. The molecule has 0 aliphatic carbocycles. The smallest absolute Gasteiger partial charge is 0.342 e. The van der Waals surface area contributed by atoms with Gasteiger partial charge in [0.1, 0.15) is 17.1 Å². The number of urea groups is 1. The van der Waals surface area contributed by atoms with Gasteiger partial charge in [-0.05, 0) is 26.7 Å². The van der Waals surface area contributed by atoms with Gasteiger partial charge in [0, 0.05) is 32.2 Å². The molecule has 1 N–H and O–H groups in total. The minimum absolute atomic E-state index is 0.0571. The molecule has 0 saturated carbocycles. The number of hydrogen-bond donors (Lipinski definition) is 1. The number of carbonyl (C=O) groups is 3. The van der Waals surface area contributed by atoms with E-state index >= 15 is 0 Å². The number of amides is 3. The number of esters is 1. The van der Waals surface area contributed by atoms with Crippen LogP contribution in [0.5, 0.6) is 0 Å². The van der Waals surface area contributed by atoms with Gasteiger partial charge in [-0.1, -0.05) is 13.8 Å². The SMILES string of the molecule is CCNC(=O)N1CCN(C(=O)c2nc(C)nc(C(C)C)c2C(=O)OC)CC1C. The van der Waals surface area contributed by atoms with E-state index in [0.29, 0.717) is 37.7 Å². The zero-order valence-corrected chi connectivity index (χ0v) is 17.4. The molecule has 1 aromatic heterocycles. The fraction of sp³-hybridized carbons (Fsp3) is 0.632. The summed E-state index contributed by atoms with van der Waals surface area (Å²) in [6.45, 7) is 10.9. The Morgan fingerprint density at radius 2 is 1.93 bits per heavy atom. The first-order chi connectivity index (χ1) is 13.2. The van der Waals surface area contributed by atoms with E-state index < -0.39 is 5.97 Å². The van der Waals surface area contributed by atoms with Gasteiger partial charge in [0.25, 0.3) is 5.91 Å². The molecule has 1 saturated heterocycles. The van der Waals surface area contributed by atoms with Gasteiger partial charge in [-0.15, -0.1) is 0 Å². The number of aryl methyl sites for hydroxylation is 1. The van der Waals surface area contributed by atoms with Gasteiger partial charge in [0.2, 0.25) is 0 Å². The van der Waals surface area contributed by atoms with E-state index in [0.717, 1.165) is 0 Å². The first kappa shape index (κ1) is 21.6. The van der Waals surface area contributed by atoms with Crippen LogP contribution in [0.3, 0.4) is 0 Å². The zero-order valence-electron chi connectivity index (χ0n) is 17.4. The molecule has 1 aliphatic rings. The fourth-order valence-electron chi connectivity index (χ4n) is 3.32. The number of nitrogens with one attached hydrogen (secondary N) is 1. The topological polar surface area (TPSA) is 105 Å². The van der Waals surface area contributed by atoms with Crippen molar-refractivity contribution in [3.8, 4) is 0 Å². The molecule has 1 fully saturated rings. The first-order valence-electron chi connectivity index (χ1n) is 9.51. The molecule has 0 radical (unpaired) electrons. The minimum Gasteiger partial charge on any atom is -0.465 e. The third-order valence-corrected chi connectivity index (χ3v) is 4.69. The summed E-state index contributed by atoms with van der Waals surface area (Å²) >= 11 is 0. The lowest BCUT2D eigenvalue weighted by Crippen LogP contribution is -2.57. The van der Waals surface area contributed by atoms with Crippen molar-refractivity contribution in [3.63, 3.8) is 0 Å². The Morgan fingerprint density at radius 3 is 2.46 bits per heavy atom. The lowest BCUT2D eigenvalue weighted by Gasteiger charge is -2.39. The van der Waals surface area contributed by atoms with Crippen LogP contribution in [-0.4, -0.2) is 77.0 Å². The fourth-order valence-corrected chi connectivity index (χ4v) is 3.32. The Labute approximate surface area is 165 Å². The molecule has 154 valence electrons. The van der Waals surface area contributed by atoms with Crippen molar-refractivity contribution < 1.29 is 19.1 Å². The lowest BCUT2D eigenvalue weighted by atomic mass is 10.0. The van der Waals surface area contributed by atoms with Crippen LogP contribution in [0.25, 0.3) is 0 Å². The second-order valence-electron chi connectivity index (χ2n) is 7.16. The third kappa shape index (κ3) is 4.40. The normalized spacial score (nSPS) is 16.9. The Bertz CT molecular complexity index is 765. The molecular formula is C19H29N5O4. The number of ether oxygens (including phenoxy) is 1. The molecule has 1 atom stereocenters. The lowest BCUT2D eigenvalue weighted by molar-refractivity contribution is 0.0543. The highest BCUT2D eigenvalue weighted by molar-refractivity contribution is 6.04. The van der Waals surface area contributed by atoms with Gasteiger partial charge < -0.3 is 19.9 Å². The van der Waals surface area contributed by atoms with Gasteiger partial charge in [0.15, 0.2) is 0 Å². The van der Waals surface area contributed by atoms with E-state index in [1.165, 1.54) is 7.11 Å². The molecule has 1 aliphatic heterocycles. The van der Waals surface area contributed by atoms with Crippen molar-refractivity contribution in [2.45, 2.75) is 46.6 Å². The number of aromatic nitrogens is 2. The predicted octanol–water partition coefficient (Wildman–Crippen LogP) is 1.57. The molecule has 0 aromatic carbocycles. The zero-order chi connectivity index (χ0) is 21.0. The first-order valence-corrected chi connectivity index (χ1v) is 9.51. The number of rotatable bonds is 4. The summed E-state index contributed by atoms with van der Waals surface area (Å²) in [4.78, 5) is 49.7.